The molecule has 3 aromatic rings. The molecule has 0 unspecified atom stereocenters. The Morgan fingerprint density at radius 3 is 2.41 bits per heavy atom. The predicted octanol–water partition coefficient (Wildman–Crippen LogP) is 4.16. The van der Waals surface area contributed by atoms with Gasteiger partial charge in [0.1, 0.15) is 18.2 Å². The molecule has 2 aromatic carbocycles. The fourth-order valence-corrected chi connectivity index (χ4v) is 6.99. The summed E-state index contributed by atoms with van der Waals surface area (Å²) < 4.78 is 79.8. The Hall–Kier alpha value is -3.38. The molecular formula is C25H22F4N4O3S. The van der Waals surface area contributed by atoms with Crippen molar-refractivity contribution in [1.29, 1.82) is 0 Å². The third-order valence-electron chi connectivity index (χ3n) is 6.86. The normalized spacial score (nSPS) is 21.8. The Balaban J connectivity index is 1.31. The van der Waals surface area contributed by atoms with E-state index in [1.54, 1.807) is 6.07 Å². The molecule has 5 rings (SSSR count). The van der Waals surface area contributed by atoms with Crippen molar-refractivity contribution in [3.63, 3.8) is 0 Å². The first-order chi connectivity index (χ1) is 17.5. The lowest BCUT2D eigenvalue weighted by Gasteiger charge is -2.33. The number of nitrogens with zero attached hydrogens (tertiary/aromatic N) is 3. The van der Waals surface area contributed by atoms with E-state index in [1.165, 1.54) is 34.9 Å². The molecule has 2 fully saturated rings. The number of fused-ring (bicyclic) bond motifs is 2. The second-order valence-corrected chi connectivity index (χ2v) is 11.0. The van der Waals surface area contributed by atoms with Gasteiger partial charge in [-0.25, -0.2) is 22.8 Å². The summed E-state index contributed by atoms with van der Waals surface area (Å²) in [5.41, 5.74) is 0.471. The van der Waals surface area contributed by atoms with Crippen molar-refractivity contribution in [2.75, 3.05) is 0 Å². The molecule has 1 saturated heterocycles. The van der Waals surface area contributed by atoms with Crippen LogP contribution in [0.5, 0.6) is 0 Å². The number of piperidine rings is 1. The summed E-state index contributed by atoms with van der Waals surface area (Å²) in [6.45, 7) is -0.0205. The summed E-state index contributed by atoms with van der Waals surface area (Å²) in [5, 5.41) is 2.75. The molecule has 1 aliphatic heterocycles. The SMILES string of the molecule is O=C(NCc1cc(-c2ccc(C(F)(F)F)cc2)ncn1)[C@@H]1[C@H]2CC[C@H](C2)N1S(=O)(=O)c1ccc(F)cc1. The van der Waals surface area contributed by atoms with E-state index in [9.17, 15) is 30.8 Å². The van der Waals surface area contributed by atoms with Crippen LogP contribution in [0, 0.1) is 11.7 Å². The number of carbonyl (C=O) groups excluding carboxylic acids is 1. The molecule has 0 spiro atoms. The minimum Gasteiger partial charge on any atom is -0.349 e. The molecule has 1 N–H and O–H groups in total. The molecular weight excluding hydrogens is 512 g/mol. The van der Waals surface area contributed by atoms with Crippen LogP contribution in [0.3, 0.4) is 0 Å². The van der Waals surface area contributed by atoms with Gasteiger partial charge in [-0.05, 0) is 67.6 Å². The van der Waals surface area contributed by atoms with Crippen molar-refractivity contribution in [2.24, 2.45) is 5.92 Å². The summed E-state index contributed by atoms with van der Waals surface area (Å²) >= 11 is 0. The Kier molecular flexibility index (Phi) is 6.48. The number of carbonyl (C=O) groups is 1. The number of hydrogen-bond donors (Lipinski definition) is 1. The number of sulfonamides is 1. The van der Waals surface area contributed by atoms with Crippen LogP contribution in [0.4, 0.5) is 17.6 Å². The molecule has 194 valence electrons. The molecule has 1 amide bonds. The molecule has 2 bridgehead atoms. The lowest BCUT2D eigenvalue weighted by molar-refractivity contribution is -0.137. The van der Waals surface area contributed by atoms with Gasteiger partial charge in [-0.3, -0.25) is 4.79 Å². The van der Waals surface area contributed by atoms with Gasteiger partial charge in [-0.2, -0.15) is 17.5 Å². The van der Waals surface area contributed by atoms with E-state index in [2.05, 4.69) is 15.3 Å². The third-order valence-corrected chi connectivity index (χ3v) is 8.81. The van der Waals surface area contributed by atoms with Gasteiger partial charge in [0.25, 0.3) is 0 Å². The molecule has 1 aromatic heterocycles. The van der Waals surface area contributed by atoms with Crippen molar-refractivity contribution >= 4 is 15.9 Å². The molecule has 7 nitrogen and oxygen atoms in total. The number of nitrogens with one attached hydrogen (secondary N) is 1. The average Bonchev–Trinajstić information content (AvgIpc) is 3.50. The smallest absolute Gasteiger partial charge is 0.349 e. The number of alkyl halides is 3. The minimum absolute atomic E-state index is 0.0205. The second kappa shape index (κ2) is 9.49. The van der Waals surface area contributed by atoms with Gasteiger partial charge in [0.2, 0.25) is 15.9 Å². The summed E-state index contributed by atoms with van der Waals surface area (Å²) in [7, 11) is -4.02. The van der Waals surface area contributed by atoms with Gasteiger partial charge in [0, 0.05) is 11.6 Å². The van der Waals surface area contributed by atoms with Crippen LogP contribution in [0.15, 0.2) is 65.8 Å². The molecule has 3 atom stereocenters. The number of aromatic nitrogens is 2. The fourth-order valence-electron chi connectivity index (χ4n) is 5.11. The van der Waals surface area contributed by atoms with Gasteiger partial charge in [-0.15, -0.1) is 0 Å². The Morgan fingerprint density at radius 1 is 1.03 bits per heavy atom. The first kappa shape index (κ1) is 25.3. The number of rotatable bonds is 6. The summed E-state index contributed by atoms with van der Waals surface area (Å²) in [6, 6.07) is 9.41. The van der Waals surface area contributed by atoms with E-state index in [0.717, 1.165) is 30.7 Å². The predicted molar refractivity (Wildman–Crippen MR) is 125 cm³/mol. The van der Waals surface area contributed by atoms with Crippen LogP contribution in [0.25, 0.3) is 11.3 Å². The highest BCUT2D eigenvalue weighted by Gasteiger charge is 2.54. The zero-order valence-electron chi connectivity index (χ0n) is 19.3. The molecule has 2 aliphatic rings. The van der Waals surface area contributed by atoms with E-state index < -0.39 is 39.5 Å². The number of hydrogen-bond acceptors (Lipinski definition) is 5. The maximum absolute atomic E-state index is 13.3. The zero-order chi connectivity index (χ0) is 26.4. The highest BCUT2D eigenvalue weighted by molar-refractivity contribution is 7.89. The van der Waals surface area contributed by atoms with Gasteiger partial charge in [-0.1, -0.05) is 12.1 Å². The Labute approximate surface area is 210 Å². The summed E-state index contributed by atoms with van der Waals surface area (Å²) in [5.74, 6) is -1.15. The molecule has 12 heteroatoms. The van der Waals surface area contributed by atoms with Crippen molar-refractivity contribution < 1.29 is 30.8 Å². The monoisotopic (exact) mass is 534 g/mol. The van der Waals surface area contributed by atoms with Gasteiger partial charge >= 0.3 is 6.18 Å². The maximum Gasteiger partial charge on any atom is 0.416 e. The highest BCUT2D eigenvalue weighted by atomic mass is 32.2. The number of halogens is 4. The highest BCUT2D eigenvalue weighted by Crippen LogP contribution is 2.45. The zero-order valence-corrected chi connectivity index (χ0v) is 20.1. The Bertz CT molecular complexity index is 1410. The quantitative estimate of drug-likeness (QED) is 0.480. The van der Waals surface area contributed by atoms with Crippen LogP contribution in [0.1, 0.15) is 30.5 Å². The van der Waals surface area contributed by atoms with Crippen molar-refractivity contribution in [3.05, 3.63) is 78.0 Å². The van der Waals surface area contributed by atoms with Crippen LogP contribution < -0.4 is 5.32 Å². The number of amides is 1. The minimum atomic E-state index is -4.45. The molecule has 1 aliphatic carbocycles. The van der Waals surface area contributed by atoms with E-state index in [1.807, 2.05) is 0 Å². The lowest BCUT2D eigenvalue weighted by atomic mass is 9.99. The first-order valence-corrected chi connectivity index (χ1v) is 13.0. The maximum atomic E-state index is 13.3. The molecule has 37 heavy (non-hydrogen) atoms. The fraction of sp³-hybridized carbons (Fsp3) is 0.320. The topological polar surface area (TPSA) is 92.3 Å². The van der Waals surface area contributed by atoms with E-state index >= 15 is 0 Å². The van der Waals surface area contributed by atoms with Crippen LogP contribution in [-0.4, -0.2) is 40.7 Å². The van der Waals surface area contributed by atoms with E-state index in [0.29, 0.717) is 29.8 Å². The largest absolute Gasteiger partial charge is 0.416 e. The molecule has 1 saturated carbocycles. The van der Waals surface area contributed by atoms with Crippen LogP contribution in [0.2, 0.25) is 0 Å². The first-order valence-electron chi connectivity index (χ1n) is 11.6. The standard InChI is InChI=1S/C25H22F4N4O3S/c26-18-6-9-21(10-7-18)37(35,36)33-20-8-3-16(11-20)23(33)24(34)30-13-19-12-22(32-14-31-19)15-1-4-17(5-2-15)25(27,28)29/h1-2,4-7,9-10,12,14,16,20,23H,3,8,11,13H2,(H,30,34)/t16-,20+,23-/m0/s1. The lowest BCUT2D eigenvalue weighted by Crippen LogP contribution is -2.52. The molecule has 2 heterocycles. The van der Waals surface area contributed by atoms with Gasteiger partial charge in [0.15, 0.2) is 0 Å². The summed E-state index contributed by atoms with van der Waals surface area (Å²) in [6.07, 6.45) is -1.25. The second-order valence-electron chi connectivity index (χ2n) is 9.15. The molecule has 0 radical (unpaired) electrons. The van der Waals surface area contributed by atoms with Crippen LogP contribution in [-0.2, 0) is 27.5 Å². The van der Waals surface area contributed by atoms with E-state index in [-0.39, 0.29) is 23.4 Å². The van der Waals surface area contributed by atoms with E-state index in [4.69, 9.17) is 0 Å². The number of benzene rings is 2. The average molecular weight is 535 g/mol. The van der Waals surface area contributed by atoms with Crippen molar-refractivity contribution in [3.8, 4) is 11.3 Å². The van der Waals surface area contributed by atoms with Gasteiger partial charge in [0.05, 0.1) is 28.4 Å². The van der Waals surface area contributed by atoms with Crippen molar-refractivity contribution in [1.82, 2.24) is 19.6 Å². The third kappa shape index (κ3) is 4.95. The Morgan fingerprint density at radius 2 is 1.73 bits per heavy atom. The summed E-state index contributed by atoms with van der Waals surface area (Å²) in [4.78, 5) is 21.4. The van der Waals surface area contributed by atoms with Gasteiger partial charge < -0.3 is 5.32 Å². The van der Waals surface area contributed by atoms with Crippen molar-refractivity contribution in [2.45, 2.75) is 49.0 Å². The van der Waals surface area contributed by atoms with Crippen LogP contribution >= 0.6 is 0 Å².